The van der Waals surface area contributed by atoms with Gasteiger partial charge < -0.3 is 5.73 Å². The Morgan fingerprint density at radius 2 is 1.55 bits per heavy atom. The summed E-state index contributed by atoms with van der Waals surface area (Å²) in [6.07, 6.45) is 0. The molecule has 0 aliphatic rings. The average Bonchev–Trinajstić information content (AvgIpc) is 2.41. The van der Waals surface area contributed by atoms with Gasteiger partial charge in [-0.1, -0.05) is 61.9 Å². The highest BCUT2D eigenvalue weighted by Crippen LogP contribution is 2.30. The molecule has 2 N–H and O–H groups in total. The molecule has 0 fully saturated rings. The van der Waals surface area contributed by atoms with Gasteiger partial charge >= 0.3 is 0 Å². The summed E-state index contributed by atoms with van der Waals surface area (Å²) < 4.78 is 0. The Labute approximate surface area is 122 Å². The molecule has 0 saturated carbocycles. The van der Waals surface area contributed by atoms with Crippen LogP contribution >= 0.6 is 0 Å². The minimum atomic E-state index is -0.453. The maximum atomic E-state index is 6.66. The van der Waals surface area contributed by atoms with Crippen LogP contribution in [0.2, 0.25) is 0 Å². The lowest BCUT2D eigenvalue weighted by Gasteiger charge is -2.28. The van der Waals surface area contributed by atoms with Crippen LogP contribution in [0, 0.1) is 13.8 Å². The molecule has 0 aliphatic heterocycles. The van der Waals surface area contributed by atoms with E-state index in [1.54, 1.807) is 0 Å². The van der Waals surface area contributed by atoms with Crippen LogP contribution in [-0.2, 0) is 5.54 Å². The highest BCUT2D eigenvalue weighted by molar-refractivity contribution is 5.43. The fraction of sp³-hybridized carbons (Fsp3) is 0.368. The summed E-state index contributed by atoms with van der Waals surface area (Å²) in [5, 5.41) is 0. The van der Waals surface area contributed by atoms with Crippen molar-refractivity contribution in [1.29, 1.82) is 0 Å². The molecule has 20 heavy (non-hydrogen) atoms. The third-order valence-corrected chi connectivity index (χ3v) is 4.13. The topological polar surface area (TPSA) is 26.0 Å². The molecule has 0 amide bonds. The van der Waals surface area contributed by atoms with E-state index in [9.17, 15) is 0 Å². The van der Waals surface area contributed by atoms with E-state index in [1.165, 1.54) is 22.3 Å². The zero-order valence-corrected chi connectivity index (χ0v) is 13.2. The summed E-state index contributed by atoms with van der Waals surface area (Å²) in [6.45, 7) is 10.8. The maximum Gasteiger partial charge on any atom is 0.0639 e. The molecule has 106 valence electrons. The van der Waals surface area contributed by atoms with Gasteiger partial charge in [-0.15, -0.1) is 0 Å². The summed E-state index contributed by atoms with van der Waals surface area (Å²) in [7, 11) is 0. The van der Waals surface area contributed by atoms with Crippen LogP contribution in [0.15, 0.2) is 42.5 Å². The van der Waals surface area contributed by atoms with Crippen molar-refractivity contribution in [3.8, 4) is 0 Å². The van der Waals surface area contributed by atoms with Gasteiger partial charge in [-0.05, 0) is 48.9 Å². The normalized spacial score (nSPS) is 14.3. The lowest BCUT2D eigenvalue weighted by molar-refractivity contribution is 0.598. The van der Waals surface area contributed by atoms with Crippen LogP contribution in [0.3, 0.4) is 0 Å². The molecule has 2 aromatic carbocycles. The first-order valence-electron chi connectivity index (χ1n) is 7.29. The van der Waals surface area contributed by atoms with Gasteiger partial charge in [0.25, 0.3) is 0 Å². The average molecular weight is 267 g/mol. The predicted molar refractivity (Wildman–Crippen MR) is 87.1 cm³/mol. The quantitative estimate of drug-likeness (QED) is 0.860. The van der Waals surface area contributed by atoms with Crippen molar-refractivity contribution < 1.29 is 0 Å². The number of rotatable bonds is 3. The number of aryl methyl sites for hydroxylation is 2. The Kier molecular flexibility index (Phi) is 4.01. The minimum absolute atomic E-state index is 0.453. The molecule has 1 heteroatoms. The number of hydrogen-bond acceptors (Lipinski definition) is 1. The van der Waals surface area contributed by atoms with Crippen molar-refractivity contribution in [3.05, 3.63) is 70.3 Å². The van der Waals surface area contributed by atoms with E-state index in [1.807, 2.05) is 0 Å². The monoisotopic (exact) mass is 267 g/mol. The summed E-state index contributed by atoms with van der Waals surface area (Å²) in [6, 6.07) is 15.2. The molecule has 0 spiro atoms. The molecular formula is C19H25N. The molecule has 0 aliphatic carbocycles. The smallest absolute Gasteiger partial charge is 0.0639 e. The molecule has 2 aromatic rings. The fourth-order valence-corrected chi connectivity index (χ4v) is 2.67. The maximum absolute atomic E-state index is 6.66. The molecule has 0 bridgehead atoms. The Bertz CT molecular complexity index is 592. The van der Waals surface area contributed by atoms with Gasteiger partial charge in [-0.3, -0.25) is 0 Å². The zero-order chi connectivity index (χ0) is 14.9. The zero-order valence-electron chi connectivity index (χ0n) is 13.2. The van der Waals surface area contributed by atoms with E-state index in [0.717, 1.165) is 5.56 Å². The molecule has 0 saturated heterocycles. The first-order valence-corrected chi connectivity index (χ1v) is 7.29. The van der Waals surface area contributed by atoms with Gasteiger partial charge in [-0.2, -0.15) is 0 Å². The Hall–Kier alpha value is -1.60. The Morgan fingerprint density at radius 3 is 2.10 bits per heavy atom. The molecule has 2 rings (SSSR count). The van der Waals surface area contributed by atoms with Crippen LogP contribution in [0.1, 0.15) is 54.5 Å². The molecule has 0 heterocycles. The van der Waals surface area contributed by atoms with E-state index < -0.39 is 5.54 Å². The highest BCUT2D eigenvalue weighted by atomic mass is 14.7. The van der Waals surface area contributed by atoms with E-state index >= 15 is 0 Å². The second-order valence-corrected chi connectivity index (χ2v) is 6.30. The molecular weight excluding hydrogens is 242 g/mol. The van der Waals surface area contributed by atoms with Crippen LogP contribution in [-0.4, -0.2) is 0 Å². The summed E-state index contributed by atoms with van der Waals surface area (Å²) >= 11 is 0. The van der Waals surface area contributed by atoms with Crippen LogP contribution in [0.4, 0.5) is 0 Å². The minimum Gasteiger partial charge on any atom is -0.318 e. The second kappa shape index (κ2) is 5.41. The summed E-state index contributed by atoms with van der Waals surface area (Å²) in [4.78, 5) is 0. The lowest BCUT2D eigenvalue weighted by Crippen LogP contribution is -2.35. The van der Waals surface area contributed by atoms with Gasteiger partial charge in [0.05, 0.1) is 5.54 Å². The lowest BCUT2D eigenvalue weighted by atomic mass is 9.82. The Morgan fingerprint density at radius 1 is 0.950 bits per heavy atom. The van der Waals surface area contributed by atoms with E-state index in [-0.39, 0.29) is 0 Å². The third-order valence-electron chi connectivity index (χ3n) is 4.13. The van der Waals surface area contributed by atoms with Crippen molar-refractivity contribution in [2.45, 2.75) is 46.1 Å². The Balaban J connectivity index is 2.46. The van der Waals surface area contributed by atoms with Crippen molar-refractivity contribution >= 4 is 0 Å². The van der Waals surface area contributed by atoms with Crippen molar-refractivity contribution in [3.63, 3.8) is 0 Å². The van der Waals surface area contributed by atoms with E-state index in [2.05, 4.69) is 77.1 Å². The fourth-order valence-electron chi connectivity index (χ4n) is 2.67. The van der Waals surface area contributed by atoms with Crippen molar-refractivity contribution in [2.75, 3.05) is 0 Å². The predicted octanol–water partition coefficient (Wildman–Crippen LogP) is 4.65. The number of hydrogen-bond donors (Lipinski definition) is 1. The van der Waals surface area contributed by atoms with Crippen molar-refractivity contribution in [2.24, 2.45) is 5.73 Å². The molecule has 0 radical (unpaired) electrons. The highest BCUT2D eigenvalue weighted by Gasteiger charge is 2.25. The largest absolute Gasteiger partial charge is 0.318 e. The number of nitrogens with two attached hydrogens (primary N) is 1. The molecule has 1 nitrogen and oxygen atoms in total. The standard InChI is InChI=1S/C19H25N/c1-13(2)16-8-10-17(11-9-16)19(5,20)18-12-14(3)6-7-15(18)4/h6-13H,20H2,1-5H3. The van der Waals surface area contributed by atoms with Crippen molar-refractivity contribution in [1.82, 2.24) is 0 Å². The third kappa shape index (κ3) is 2.78. The van der Waals surface area contributed by atoms with E-state index in [4.69, 9.17) is 5.73 Å². The van der Waals surface area contributed by atoms with Crippen LogP contribution in [0.25, 0.3) is 0 Å². The summed E-state index contributed by atoms with van der Waals surface area (Å²) in [5.41, 5.74) is 12.4. The first-order chi connectivity index (χ1) is 9.32. The number of benzene rings is 2. The summed E-state index contributed by atoms with van der Waals surface area (Å²) in [5.74, 6) is 0.550. The molecule has 1 unspecified atom stereocenters. The van der Waals surface area contributed by atoms with Crippen LogP contribution in [0.5, 0.6) is 0 Å². The SMILES string of the molecule is Cc1ccc(C)c(C(C)(N)c2ccc(C(C)C)cc2)c1. The second-order valence-electron chi connectivity index (χ2n) is 6.30. The molecule has 0 aromatic heterocycles. The van der Waals surface area contributed by atoms with Crippen LogP contribution < -0.4 is 5.73 Å². The molecule has 1 atom stereocenters. The van der Waals surface area contributed by atoms with Gasteiger partial charge in [0.1, 0.15) is 0 Å². The van der Waals surface area contributed by atoms with Gasteiger partial charge in [0.2, 0.25) is 0 Å². The van der Waals surface area contributed by atoms with Gasteiger partial charge in [0, 0.05) is 0 Å². The van der Waals surface area contributed by atoms with Gasteiger partial charge in [0.15, 0.2) is 0 Å². The first kappa shape index (κ1) is 14.8. The van der Waals surface area contributed by atoms with E-state index in [0.29, 0.717) is 5.92 Å². The van der Waals surface area contributed by atoms with Gasteiger partial charge in [-0.25, -0.2) is 0 Å².